The van der Waals surface area contributed by atoms with Crippen LogP contribution in [0.2, 0.25) is 5.02 Å². The molecule has 0 atom stereocenters. The van der Waals surface area contributed by atoms with E-state index in [-0.39, 0.29) is 5.56 Å². The Kier molecular flexibility index (Phi) is 4.11. The molecule has 3 rings (SSSR count). The molecule has 1 heterocycles. The van der Waals surface area contributed by atoms with Crippen molar-refractivity contribution in [3.8, 4) is 17.1 Å². The number of rotatable bonds is 4. The molecule has 1 N–H and O–H groups in total. The van der Waals surface area contributed by atoms with Gasteiger partial charge >= 0.3 is 0 Å². The maximum absolute atomic E-state index is 12.2. The Bertz CT molecular complexity index is 874. The van der Waals surface area contributed by atoms with Gasteiger partial charge in [-0.2, -0.15) is 0 Å². The Morgan fingerprint density at radius 3 is 2.86 bits per heavy atom. The zero-order valence-electron chi connectivity index (χ0n) is 12.1. The summed E-state index contributed by atoms with van der Waals surface area (Å²) < 4.78 is 5.73. The topological polar surface area (TPSA) is 55.0 Å². The zero-order valence-corrected chi connectivity index (χ0v) is 12.9. The van der Waals surface area contributed by atoms with E-state index in [9.17, 15) is 4.79 Å². The maximum atomic E-state index is 12.2. The van der Waals surface area contributed by atoms with E-state index in [2.05, 4.69) is 9.97 Å². The molecule has 0 amide bonds. The highest BCUT2D eigenvalue weighted by Crippen LogP contribution is 2.30. The molecule has 112 valence electrons. The SMILES string of the molecule is CCCOc1ccc(Cl)cc1-c1nc2ccccc2c(=O)[nH]1. The Labute approximate surface area is 132 Å². The van der Waals surface area contributed by atoms with E-state index >= 15 is 0 Å². The average Bonchev–Trinajstić information content (AvgIpc) is 2.53. The summed E-state index contributed by atoms with van der Waals surface area (Å²) in [5.41, 5.74) is 1.15. The third-order valence-corrected chi connectivity index (χ3v) is 3.51. The number of halogens is 1. The van der Waals surface area contributed by atoms with Crippen molar-refractivity contribution >= 4 is 22.5 Å². The number of hydrogen-bond acceptors (Lipinski definition) is 3. The van der Waals surface area contributed by atoms with Crippen molar-refractivity contribution in [1.29, 1.82) is 0 Å². The minimum absolute atomic E-state index is 0.179. The van der Waals surface area contributed by atoms with E-state index in [0.29, 0.717) is 39.7 Å². The lowest BCUT2D eigenvalue weighted by Crippen LogP contribution is -2.10. The van der Waals surface area contributed by atoms with Crippen LogP contribution in [0.3, 0.4) is 0 Å². The van der Waals surface area contributed by atoms with E-state index < -0.39 is 0 Å². The van der Waals surface area contributed by atoms with Crippen LogP contribution in [0, 0.1) is 0 Å². The number of H-pyrrole nitrogens is 1. The molecule has 0 bridgehead atoms. The van der Waals surface area contributed by atoms with Crippen LogP contribution in [0.15, 0.2) is 47.3 Å². The number of nitrogens with one attached hydrogen (secondary N) is 1. The van der Waals surface area contributed by atoms with E-state index in [1.807, 2.05) is 25.1 Å². The van der Waals surface area contributed by atoms with Crippen molar-refractivity contribution in [2.45, 2.75) is 13.3 Å². The Morgan fingerprint density at radius 2 is 2.05 bits per heavy atom. The second-order valence-electron chi connectivity index (χ2n) is 4.92. The number of hydrogen-bond donors (Lipinski definition) is 1. The average molecular weight is 315 g/mol. The Hall–Kier alpha value is -2.33. The number of aromatic amines is 1. The lowest BCUT2D eigenvalue weighted by atomic mass is 10.1. The van der Waals surface area contributed by atoms with Crippen molar-refractivity contribution < 1.29 is 4.74 Å². The fourth-order valence-corrected chi connectivity index (χ4v) is 2.41. The molecule has 0 unspecified atom stereocenters. The number of nitrogens with zero attached hydrogens (tertiary/aromatic N) is 1. The highest BCUT2D eigenvalue weighted by Gasteiger charge is 2.12. The first-order chi connectivity index (χ1) is 10.7. The number of benzene rings is 2. The third-order valence-electron chi connectivity index (χ3n) is 3.27. The van der Waals surface area contributed by atoms with Crippen molar-refractivity contribution in [3.63, 3.8) is 0 Å². The van der Waals surface area contributed by atoms with Crippen LogP contribution in [-0.4, -0.2) is 16.6 Å². The van der Waals surface area contributed by atoms with Gasteiger partial charge in [0, 0.05) is 5.02 Å². The van der Waals surface area contributed by atoms with Crippen LogP contribution in [-0.2, 0) is 0 Å². The minimum atomic E-state index is -0.179. The lowest BCUT2D eigenvalue weighted by molar-refractivity contribution is 0.318. The van der Waals surface area contributed by atoms with Gasteiger partial charge in [-0.1, -0.05) is 30.7 Å². The minimum Gasteiger partial charge on any atom is -0.493 e. The summed E-state index contributed by atoms with van der Waals surface area (Å²) in [6.45, 7) is 2.62. The molecule has 0 aliphatic heterocycles. The highest BCUT2D eigenvalue weighted by molar-refractivity contribution is 6.30. The van der Waals surface area contributed by atoms with Gasteiger partial charge in [-0.05, 0) is 36.8 Å². The smallest absolute Gasteiger partial charge is 0.259 e. The van der Waals surface area contributed by atoms with Crippen LogP contribution >= 0.6 is 11.6 Å². The van der Waals surface area contributed by atoms with Crippen molar-refractivity contribution in [1.82, 2.24) is 9.97 Å². The summed E-state index contributed by atoms with van der Waals surface area (Å²) in [5.74, 6) is 1.11. The van der Waals surface area contributed by atoms with Crippen LogP contribution in [0.5, 0.6) is 5.75 Å². The lowest BCUT2D eigenvalue weighted by Gasteiger charge is -2.11. The summed E-state index contributed by atoms with van der Waals surface area (Å²) in [7, 11) is 0. The van der Waals surface area contributed by atoms with Crippen LogP contribution in [0.4, 0.5) is 0 Å². The van der Waals surface area contributed by atoms with E-state index in [1.165, 1.54) is 0 Å². The fourth-order valence-electron chi connectivity index (χ4n) is 2.24. The van der Waals surface area contributed by atoms with Gasteiger partial charge in [-0.15, -0.1) is 0 Å². The van der Waals surface area contributed by atoms with Gasteiger partial charge in [-0.3, -0.25) is 4.79 Å². The highest BCUT2D eigenvalue weighted by atomic mass is 35.5. The second kappa shape index (κ2) is 6.20. The molecule has 22 heavy (non-hydrogen) atoms. The van der Waals surface area contributed by atoms with Gasteiger partial charge in [-0.25, -0.2) is 4.98 Å². The fraction of sp³-hybridized carbons (Fsp3) is 0.176. The van der Waals surface area contributed by atoms with Gasteiger partial charge in [0.05, 0.1) is 23.1 Å². The summed E-state index contributed by atoms with van der Waals surface area (Å²) in [4.78, 5) is 19.5. The zero-order chi connectivity index (χ0) is 15.5. The first-order valence-electron chi connectivity index (χ1n) is 7.11. The number of fused-ring (bicyclic) bond motifs is 1. The molecular formula is C17H15ClN2O2. The van der Waals surface area contributed by atoms with Crippen LogP contribution in [0.1, 0.15) is 13.3 Å². The second-order valence-corrected chi connectivity index (χ2v) is 5.36. The van der Waals surface area contributed by atoms with Crippen molar-refractivity contribution in [2.75, 3.05) is 6.61 Å². The largest absolute Gasteiger partial charge is 0.493 e. The van der Waals surface area contributed by atoms with Crippen molar-refractivity contribution in [3.05, 3.63) is 57.8 Å². The first-order valence-corrected chi connectivity index (χ1v) is 7.48. The Morgan fingerprint density at radius 1 is 1.23 bits per heavy atom. The molecule has 4 nitrogen and oxygen atoms in total. The normalized spacial score (nSPS) is 10.8. The van der Waals surface area contributed by atoms with Gasteiger partial charge in [0.25, 0.3) is 5.56 Å². The molecule has 2 aromatic carbocycles. The molecule has 5 heteroatoms. The van der Waals surface area contributed by atoms with Gasteiger partial charge in [0.1, 0.15) is 11.6 Å². The van der Waals surface area contributed by atoms with Gasteiger partial charge < -0.3 is 9.72 Å². The summed E-state index contributed by atoms with van der Waals surface area (Å²) in [5, 5.41) is 1.12. The number of aromatic nitrogens is 2. The molecule has 0 aliphatic carbocycles. The Balaban J connectivity index is 2.18. The molecule has 3 aromatic rings. The molecule has 0 fully saturated rings. The molecule has 0 radical (unpaired) electrons. The predicted molar refractivity (Wildman–Crippen MR) is 88.6 cm³/mol. The molecule has 0 saturated heterocycles. The predicted octanol–water partition coefficient (Wildman–Crippen LogP) is 4.03. The molecular weight excluding hydrogens is 300 g/mol. The van der Waals surface area contributed by atoms with E-state index in [4.69, 9.17) is 16.3 Å². The molecule has 0 saturated carbocycles. The van der Waals surface area contributed by atoms with Crippen LogP contribution < -0.4 is 10.3 Å². The number of ether oxygens (including phenoxy) is 1. The quantitative estimate of drug-likeness (QED) is 0.791. The molecule has 0 spiro atoms. The van der Waals surface area contributed by atoms with Gasteiger partial charge in [0.15, 0.2) is 0 Å². The summed E-state index contributed by atoms with van der Waals surface area (Å²) in [6.07, 6.45) is 0.893. The third kappa shape index (κ3) is 2.83. The van der Waals surface area contributed by atoms with E-state index in [1.54, 1.807) is 24.3 Å². The summed E-state index contributed by atoms with van der Waals surface area (Å²) >= 11 is 6.08. The van der Waals surface area contributed by atoms with Crippen molar-refractivity contribution in [2.24, 2.45) is 0 Å². The maximum Gasteiger partial charge on any atom is 0.259 e. The van der Waals surface area contributed by atoms with E-state index in [0.717, 1.165) is 6.42 Å². The standard InChI is InChI=1S/C17H15ClN2O2/c1-2-9-22-15-8-7-11(18)10-13(15)16-19-14-6-4-3-5-12(14)17(21)20-16/h3-8,10H,2,9H2,1H3,(H,19,20,21). The monoisotopic (exact) mass is 314 g/mol. The summed E-state index contributed by atoms with van der Waals surface area (Å²) in [6, 6.07) is 12.5. The van der Waals surface area contributed by atoms with Crippen LogP contribution in [0.25, 0.3) is 22.3 Å². The molecule has 1 aromatic heterocycles. The first kappa shape index (κ1) is 14.6. The van der Waals surface area contributed by atoms with Gasteiger partial charge in [0.2, 0.25) is 0 Å². The molecule has 0 aliphatic rings. The number of para-hydroxylation sites is 1.